The van der Waals surface area contributed by atoms with Crippen LogP contribution >= 0.6 is 11.6 Å². The van der Waals surface area contributed by atoms with Gasteiger partial charge in [0, 0.05) is 6.54 Å². The van der Waals surface area contributed by atoms with Crippen molar-refractivity contribution in [2.75, 3.05) is 0 Å². The molecule has 1 heterocycles. The first-order valence-electron chi connectivity index (χ1n) is 4.66. The van der Waals surface area contributed by atoms with E-state index in [9.17, 15) is 5.11 Å². The number of nitrogens with zero attached hydrogens (tertiary/aromatic N) is 3. The molecular weight excluding hydrogens is 230 g/mol. The summed E-state index contributed by atoms with van der Waals surface area (Å²) < 4.78 is 0. The zero-order valence-electron chi connectivity index (χ0n) is 8.31. The van der Waals surface area contributed by atoms with E-state index in [1.54, 1.807) is 18.2 Å². The summed E-state index contributed by atoms with van der Waals surface area (Å²) in [5, 5.41) is 26.1. The Morgan fingerprint density at radius 3 is 2.94 bits per heavy atom. The van der Waals surface area contributed by atoms with Crippen LogP contribution in [0.5, 0.6) is 5.75 Å². The number of aromatic hydroxyl groups is 1. The Labute approximate surface area is 96.6 Å². The number of tetrazole rings is 1. The summed E-state index contributed by atoms with van der Waals surface area (Å²) in [6.45, 7) is 1.14. The molecule has 3 N–H and O–H groups in total. The smallest absolute Gasteiger partial charge is 0.188 e. The number of rotatable bonds is 4. The first-order chi connectivity index (χ1) is 7.75. The lowest BCUT2D eigenvalue weighted by Gasteiger charge is -2.03. The number of aromatic nitrogens is 4. The highest BCUT2D eigenvalue weighted by molar-refractivity contribution is 6.32. The number of phenolic OH excluding ortho intramolecular Hbond substituents is 1. The van der Waals surface area contributed by atoms with Crippen molar-refractivity contribution < 1.29 is 5.11 Å². The highest BCUT2D eigenvalue weighted by Crippen LogP contribution is 2.23. The van der Waals surface area contributed by atoms with Crippen LogP contribution in [-0.2, 0) is 13.1 Å². The molecule has 0 spiro atoms. The van der Waals surface area contributed by atoms with Gasteiger partial charge in [-0.1, -0.05) is 22.9 Å². The van der Waals surface area contributed by atoms with Gasteiger partial charge in [-0.05, 0) is 17.7 Å². The molecule has 1 aromatic heterocycles. The van der Waals surface area contributed by atoms with Crippen molar-refractivity contribution in [2.24, 2.45) is 0 Å². The van der Waals surface area contributed by atoms with Crippen LogP contribution < -0.4 is 5.32 Å². The monoisotopic (exact) mass is 239 g/mol. The molecular formula is C9H10ClN5O. The van der Waals surface area contributed by atoms with Crippen LogP contribution in [0.4, 0.5) is 0 Å². The molecule has 1 aromatic carbocycles. The summed E-state index contributed by atoms with van der Waals surface area (Å²) in [6.07, 6.45) is 0. The zero-order chi connectivity index (χ0) is 11.4. The van der Waals surface area contributed by atoms with Crippen LogP contribution in [0.3, 0.4) is 0 Å². The van der Waals surface area contributed by atoms with Crippen LogP contribution in [0.2, 0.25) is 5.02 Å². The van der Waals surface area contributed by atoms with Gasteiger partial charge < -0.3 is 10.4 Å². The van der Waals surface area contributed by atoms with Gasteiger partial charge in [0.15, 0.2) is 5.82 Å². The zero-order valence-corrected chi connectivity index (χ0v) is 9.07. The Morgan fingerprint density at radius 2 is 2.25 bits per heavy atom. The van der Waals surface area contributed by atoms with Gasteiger partial charge in [-0.2, -0.15) is 5.21 Å². The Hall–Kier alpha value is -1.66. The molecule has 0 fully saturated rings. The average molecular weight is 240 g/mol. The van der Waals surface area contributed by atoms with Crippen LogP contribution in [-0.4, -0.2) is 25.7 Å². The van der Waals surface area contributed by atoms with Crippen LogP contribution in [0, 0.1) is 0 Å². The van der Waals surface area contributed by atoms with Gasteiger partial charge in [0.1, 0.15) is 5.75 Å². The minimum atomic E-state index is 0.0867. The quantitative estimate of drug-likeness (QED) is 0.736. The maximum absolute atomic E-state index is 9.23. The molecule has 7 heteroatoms. The third-order valence-electron chi connectivity index (χ3n) is 2.01. The second-order valence-electron chi connectivity index (χ2n) is 3.22. The van der Waals surface area contributed by atoms with Gasteiger partial charge in [0.25, 0.3) is 0 Å². The van der Waals surface area contributed by atoms with E-state index in [2.05, 4.69) is 25.9 Å². The molecule has 2 rings (SSSR count). The number of H-pyrrole nitrogens is 1. The minimum absolute atomic E-state index is 0.0867. The second kappa shape index (κ2) is 4.91. The molecule has 16 heavy (non-hydrogen) atoms. The fraction of sp³-hybridized carbons (Fsp3) is 0.222. The van der Waals surface area contributed by atoms with Crippen LogP contribution in [0.1, 0.15) is 11.4 Å². The minimum Gasteiger partial charge on any atom is -0.506 e. The summed E-state index contributed by atoms with van der Waals surface area (Å²) in [5.41, 5.74) is 0.978. The number of phenols is 1. The molecule has 0 atom stereocenters. The molecule has 0 radical (unpaired) electrons. The lowest BCUT2D eigenvalue weighted by molar-refractivity contribution is 0.475. The lowest BCUT2D eigenvalue weighted by atomic mass is 10.2. The molecule has 0 aliphatic heterocycles. The predicted molar refractivity (Wildman–Crippen MR) is 57.8 cm³/mol. The molecule has 0 bridgehead atoms. The maximum atomic E-state index is 9.23. The Morgan fingerprint density at radius 1 is 1.38 bits per heavy atom. The molecule has 0 saturated heterocycles. The van der Waals surface area contributed by atoms with E-state index in [1.165, 1.54) is 0 Å². The number of benzene rings is 1. The average Bonchev–Trinajstić information content (AvgIpc) is 2.76. The summed E-state index contributed by atoms with van der Waals surface area (Å²) in [5.74, 6) is 0.688. The maximum Gasteiger partial charge on any atom is 0.188 e. The molecule has 6 nitrogen and oxygen atoms in total. The number of hydrogen-bond acceptors (Lipinski definition) is 5. The fourth-order valence-corrected chi connectivity index (χ4v) is 1.44. The topological polar surface area (TPSA) is 86.7 Å². The van der Waals surface area contributed by atoms with E-state index in [-0.39, 0.29) is 5.75 Å². The van der Waals surface area contributed by atoms with Gasteiger partial charge in [-0.15, -0.1) is 10.2 Å². The summed E-state index contributed by atoms with van der Waals surface area (Å²) in [4.78, 5) is 0. The van der Waals surface area contributed by atoms with E-state index in [0.29, 0.717) is 23.9 Å². The summed E-state index contributed by atoms with van der Waals surface area (Å²) >= 11 is 5.77. The third kappa shape index (κ3) is 2.68. The van der Waals surface area contributed by atoms with E-state index in [4.69, 9.17) is 11.6 Å². The molecule has 0 aliphatic carbocycles. The van der Waals surface area contributed by atoms with Crippen LogP contribution in [0.15, 0.2) is 18.2 Å². The largest absolute Gasteiger partial charge is 0.506 e. The first-order valence-corrected chi connectivity index (χ1v) is 5.04. The van der Waals surface area contributed by atoms with Crippen molar-refractivity contribution in [2.45, 2.75) is 13.1 Å². The highest BCUT2D eigenvalue weighted by Gasteiger charge is 2.01. The summed E-state index contributed by atoms with van der Waals surface area (Å²) in [7, 11) is 0. The van der Waals surface area contributed by atoms with Gasteiger partial charge >= 0.3 is 0 Å². The van der Waals surface area contributed by atoms with Crippen molar-refractivity contribution in [1.82, 2.24) is 25.9 Å². The van der Waals surface area contributed by atoms with Crippen molar-refractivity contribution in [3.05, 3.63) is 34.6 Å². The highest BCUT2D eigenvalue weighted by atomic mass is 35.5. The predicted octanol–water partition coefficient (Wildman–Crippen LogP) is 0.848. The van der Waals surface area contributed by atoms with Crippen molar-refractivity contribution in [3.8, 4) is 5.75 Å². The van der Waals surface area contributed by atoms with E-state index in [0.717, 1.165) is 5.56 Å². The van der Waals surface area contributed by atoms with E-state index < -0.39 is 0 Å². The molecule has 0 saturated carbocycles. The van der Waals surface area contributed by atoms with Gasteiger partial charge in [0.05, 0.1) is 11.6 Å². The van der Waals surface area contributed by atoms with Gasteiger partial charge in [-0.25, -0.2) is 0 Å². The summed E-state index contributed by atoms with van der Waals surface area (Å²) in [6, 6.07) is 5.07. The number of aromatic amines is 1. The van der Waals surface area contributed by atoms with E-state index >= 15 is 0 Å². The third-order valence-corrected chi connectivity index (χ3v) is 2.32. The van der Waals surface area contributed by atoms with E-state index in [1.807, 2.05) is 0 Å². The Kier molecular flexibility index (Phi) is 3.33. The van der Waals surface area contributed by atoms with Gasteiger partial charge in [0.2, 0.25) is 0 Å². The molecule has 84 valence electrons. The number of hydrogen-bond donors (Lipinski definition) is 3. The van der Waals surface area contributed by atoms with Crippen molar-refractivity contribution >= 4 is 11.6 Å². The number of nitrogens with one attached hydrogen (secondary N) is 2. The van der Waals surface area contributed by atoms with Crippen molar-refractivity contribution in [3.63, 3.8) is 0 Å². The first kappa shape index (κ1) is 10.8. The molecule has 0 aliphatic rings. The fourth-order valence-electron chi connectivity index (χ4n) is 1.24. The van der Waals surface area contributed by atoms with Gasteiger partial charge in [-0.3, -0.25) is 0 Å². The molecule has 0 amide bonds. The SMILES string of the molecule is Oc1ccc(CNCc2nn[nH]n2)cc1Cl. The molecule has 2 aromatic rings. The van der Waals surface area contributed by atoms with Crippen molar-refractivity contribution in [1.29, 1.82) is 0 Å². The Bertz CT molecular complexity index is 459. The Balaban J connectivity index is 1.87. The van der Waals surface area contributed by atoms with Crippen LogP contribution in [0.25, 0.3) is 0 Å². The standard InChI is InChI=1S/C9H10ClN5O/c10-7-3-6(1-2-8(7)16)4-11-5-9-12-14-15-13-9/h1-3,11,16H,4-5H2,(H,12,13,14,15). The second-order valence-corrected chi connectivity index (χ2v) is 3.62. The lowest BCUT2D eigenvalue weighted by Crippen LogP contribution is -2.13. The number of halogens is 1. The molecule has 0 unspecified atom stereocenters. The normalized spacial score (nSPS) is 10.6.